The topological polar surface area (TPSA) is 59.8 Å². The number of carbonyl (C=O) groups excluding carboxylic acids is 1. The van der Waals surface area contributed by atoms with Crippen molar-refractivity contribution in [1.29, 1.82) is 0 Å². The zero-order valence-electron chi connectivity index (χ0n) is 17.4. The Hall–Kier alpha value is -3.57. The van der Waals surface area contributed by atoms with Gasteiger partial charge >= 0.3 is 0 Å². The van der Waals surface area contributed by atoms with Crippen molar-refractivity contribution in [2.75, 3.05) is 13.7 Å². The highest BCUT2D eigenvalue weighted by Crippen LogP contribution is 2.39. The lowest BCUT2D eigenvalue weighted by Crippen LogP contribution is -2.31. The molecule has 0 radical (unpaired) electrons. The van der Waals surface area contributed by atoms with Gasteiger partial charge in [0.15, 0.2) is 5.43 Å². The van der Waals surface area contributed by atoms with Crippen LogP contribution in [0.5, 0.6) is 5.75 Å². The molecule has 1 aromatic heterocycles. The lowest BCUT2D eigenvalue weighted by atomic mass is 9.98. The standard InChI is InChI=1S/C26H20ClNO4/c1-31-19-9-5-8-17(14-19)23-22-24(29)20-15-18(27)10-11-21(20)32-25(22)26(30)28(23)13-12-16-6-3-2-4-7-16/h2-11,14-15,23H,12-13H2,1H3/t23-/m0/s1. The smallest absolute Gasteiger partial charge is 0.290 e. The van der Waals surface area contributed by atoms with Gasteiger partial charge in [-0.15, -0.1) is 0 Å². The lowest BCUT2D eigenvalue weighted by Gasteiger charge is -2.25. The predicted molar refractivity (Wildman–Crippen MR) is 124 cm³/mol. The number of rotatable bonds is 5. The number of hydrogen-bond donors (Lipinski definition) is 0. The highest BCUT2D eigenvalue weighted by molar-refractivity contribution is 6.31. The molecule has 1 atom stereocenters. The predicted octanol–water partition coefficient (Wildman–Crippen LogP) is 5.24. The van der Waals surface area contributed by atoms with Crippen LogP contribution in [0.15, 0.2) is 82.0 Å². The van der Waals surface area contributed by atoms with E-state index >= 15 is 0 Å². The summed E-state index contributed by atoms with van der Waals surface area (Å²) < 4.78 is 11.3. The molecule has 1 aliphatic heterocycles. The highest BCUT2D eigenvalue weighted by atomic mass is 35.5. The summed E-state index contributed by atoms with van der Waals surface area (Å²) in [5, 5.41) is 0.801. The summed E-state index contributed by atoms with van der Waals surface area (Å²) in [5.74, 6) is 0.447. The zero-order valence-corrected chi connectivity index (χ0v) is 18.1. The van der Waals surface area contributed by atoms with Crippen LogP contribution >= 0.6 is 11.6 Å². The molecule has 0 unspecified atom stereocenters. The van der Waals surface area contributed by atoms with Gasteiger partial charge in [-0.1, -0.05) is 54.1 Å². The van der Waals surface area contributed by atoms with E-state index in [2.05, 4.69) is 0 Å². The van der Waals surface area contributed by atoms with E-state index in [4.69, 9.17) is 20.8 Å². The van der Waals surface area contributed by atoms with Gasteiger partial charge in [0.1, 0.15) is 11.3 Å². The quantitative estimate of drug-likeness (QED) is 0.421. The van der Waals surface area contributed by atoms with Gasteiger partial charge < -0.3 is 14.1 Å². The van der Waals surface area contributed by atoms with E-state index < -0.39 is 6.04 Å². The number of ether oxygens (including phenoxy) is 1. The number of nitrogens with zero attached hydrogens (tertiary/aromatic N) is 1. The van der Waals surface area contributed by atoms with E-state index in [0.29, 0.717) is 40.3 Å². The first kappa shape index (κ1) is 20.3. The molecule has 0 spiro atoms. The van der Waals surface area contributed by atoms with Crippen LogP contribution in [0.1, 0.15) is 33.3 Å². The number of fused-ring (bicyclic) bond motifs is 2. The molecule has 32 heavy (non-hydrogen) atoms. The number of benzene rings is 3. The fraction of sp³-hybridized carbons (Fsp3) is 0.154. The Morgan fingerprint density at radius 2 is 1.81 bits per heavy atom. The fourth-order valence-electron chi connectivity index (χ4n) is 4.28. The molecule has 3 aromatic carbocycles. The molecule has 5 nitrogen and oxygen atoms in total. The van der Waals surface area contributed by atoms with Crippen molar-refractivity contribution in [2.24, 2.45) is 0 Å². The molecule has 0 saturated heterocycles. The molecule has 4 aromatic rings. The van der Waals surface area contributed by atoms with Crippen LogP contribution in [0, 0.1) is 0 Å². The molecule has 160 valence electrons. The van der Waals surface area contributed by atoms with Gasteiger partial charge in [0.2, 0.25) is 5.76 Å². The summed E-state index contributed by atoms with van der Waals surface area (Å²) in [6, 6.07) is 21.7. The van der Waals surface area contributed by atoms with Crippen LogP contribution < -0.4 is 10.2 Å². The second kappa shape index (κ2) is 8.17. The van der Waals surface area contributed by atoms with Crippen LogP contribution in [0.3, 0.4) is 0 Å². The van der Waals surface area contributed by atoms with E-state index in [1.807, 2.05) is 54.6 Å². The van der Waals surface area contributed by atoms with Crippen molar-refractivity contribution in [1.82, 2.24) is 4.90 Å². The summed E-state index contributed by atoms with van der Waals surface area (Å²) in [4.78, 5) is 28.7. The van der Waals surface area contributed by atoms with Crippen LogP contribution in [0.2, 0.25) is 5.02 Å². The summed E-state index contributed by atoms with van der Waals surface area (Å²) in [6.45, 7) is 0.436. The van der Waals surface area contributed by atoms with Crippen molar-refractivity contribution in [3.05, 3.63) is 110 Å². The maximum absolute atomic E-state index is 13.5. The minimum atomic E-state index is -0.573. The van der Waals surface area contributed by atoms with Gasteiger partial charge in [0.25, 0.3) is 5.91 Å². The van der Waals surface area contributed by atoms with E-state index in [1.54, 1.807) is 30.2 Å². The molecule has 1 amide bonds. The SMILES string of the molecule is COc1cccc([C@H]2c3c(oc4ccc(Cl)cc4c3=O)C(=O)N2CCc2ccccc2)c1. The zero-order chi connectivity index (χ0) is 22.2. The normalized spacial score (nSPS) is 15.2. The third-order valence-corrected chi connectivity index (χ3v) is 6.06. The number of carbonyl (C=O) groups is 1. The average Bonchev–Trinajstić information content (AvgIpc) is 3.10. The van der Waals surface area contributed by atoms with Gasteiger partial charge in [-0.3, -0.25) is 9.59 Å². The van der Waals surface area contributed by atoms with Crippen LogP contribution in [0.25, 0.3) is 11.0 Å². The van der Waals surface area contributed by atoms with E-state index in [1.165, 1.54) is 0 Å². The maximum Gasteiger partial charge on any atom is 0.290 e. The number of methoxy groups -OCH3 is 1. The third kappa shape index (κ3) is 3.45. The third-order valence-electron chi connectivity index (χ3n) is 5.82. The summed E-state index contributed by atoms with van der Waals surface area (Å²) in [7, 11) is 1.59. The largest absolute Gasteiger partial charge is 0.497 e. The molecule has 0 bridgehead atoms. The van der Waals surface area contributed by atoms with E-state index in [9.17, 15) is 9.59 Å². The highest BCUT2D eigenvalue weighted by Gasteiger charge is 2.42. The first-order chi connectivity index (χ1) is 15.6. The number of hydrogen-bond acceptors (Lipinski definition) is 4. The molecule has 5 rings (SSSR count). The molecule has 0 fully saturated rings. The minimum Gasteiger partial charge on any atom is -0.497 e. The first-order valence-electron chi connectivity index (χ1n) is 10.3. The van der Waals surface area contributed by atoms with Crippen molar-refractivity contribution < 1.29 is 13.9 Å². The van der Waals surface area contributed by atoms with Gasteiger partial charge in [-0.05, 0) is 47.9 Å². The Balaban J connectivity index is 1.67. The van der Waals surface area contributed by atoms with Crippen molar-refractivity contribution in [3.8, 4) is 5.75 Å². The number of amides is 1. The van der Waals surface area contributed by atoms with Crippen molar-refractivity contribution >= 4 is 28.5 Å². The molecule has 0 N–H and O–H groups in total. The van der Waals surface area contributed by atoms with E-state index in [0.717, 1.165) is 11.1 Å². The molecular weight excluding hydrogens is 426 g/mol. The molecule has 2 heterocycles. The molecule has 1 aliphatic rings. The second-order valence-corrected chi connectivity index (χ2v) is 8.16. The van der Waals surface area contributed by atoms with Crippen LogP contribution in [-0.2, 0) is 6.42 Å². The Bertz CT molecular complexity index is 1380. The van der Waals surface area contributed by atoms with Gasteiger partial charge in [-0.25, -0.2) is 0 Å². The summed E-state index contributed by atoms with van der Waals surface area (Å²) >= 11 is 6.14. The molecule has 0 aliphatic carbocycles. The van der Waals surface area contributed by atoms with Crippen molar-refractivity contribution in [2.45, 2.75) is 12.5 Å². The Labute approximate surface area is 189 Å². The maximum atomic E-state index is 13.5. The number of halogens is 1. The van der Waals surface area contributed by atoms with Gasteiger partial charge in [0.05, 0.1) is 24.1 Å². The Morgan fingerprint density at radius 3 is 2.59 bits per heavy atom. The average molecular weight is 446 g/mol. The Morgan fingerprint density at radius 1 is 1.00 bits per heavy atom. The van der Waals surface area contributed by atoms with E-state index in [-0.39, 0.29) is 17.1 Å². The first-order valence-corrected chi connectivity index (χ1v) is 10.7. The van der Waals surface area contributed by atoms with Gasteiger partial charge in [0, 0.05) is 11.6 Å². The second-order valence-electron chi connectivity index (χ2n) is 7.73. The monoisotopic (exact) mass is 445 g/mol. The van der Waals surface area contributed by atoms with Crippen LogP contribution in [0.4, 0.5) is 0 Å². The Kier molecular flexibility index (Phi) is 5.19. The van der Waals surface area contributed by atoms with Crippen molar-refractivity contribution in [3.63, 3.8) is 0 Å². The lowest BCUT2D eigenvalue weighted by molar-refractivity contribution is 0.0730. The molecule has 6 heteroatoms. The minimum absolute atomic E-state index is 0.0886. The molecular formula is C26H20ClNO4. The van der Waals surface area contributed by atoms with Crippen LogP contribution in [-0.4, -0.2) is 24.5 Å². The summed E-state index contributed by atoms with van der Waals surface area (Å²) in [6.07, 6.45) is 0.653. The molecule has 0 saturated carbocycles. The summed E-state index contributed by atoms with van der Waals surface area (Å²) in [5.41, 5.74) is 2.34. The fourth-order valence-corrected chi connectivity index (χ4v) is 4.45. The van der Waals surface area contributed by atoms with Gasteiger partial charge in [-0.2, -0.15) is 0 Å².